The van der Waals surface area contributed by atoms with Crippen LogP contribution >= 0.6 is 0 Å². The third kappa shape index (κ3) is 4.54. The SMILES string of the molecule is CC1CN(S(=O)(=O)c2ccccc2[N+](=O)[O-])CCN1C(=O)OCc1ccccc1. The average Bonchev–Trinajstić information content (AvgIpc) is 2.72. The normalized spacial score (nSPS) is 17.7. The topological polar surface area (TPSA) is 110 Å². The van der Waals surface area contributed by atoms with Gasteiger partial charge in [-0.2, -0.15) is 4.31 Å². The molecule has 1 atom stereocenters. The van der Waals surface area contributed by atoms with Crippen LogP contribution < -0.4 is 0 Å². The highest BCUT2D eigenvalue weighted by Crippen LogP contribution is 2.28. The largest absolute Gasteiger partial charge is 0.445 e. The van der Waals surface area contributed by atoms with Crippen molar-refractivity contribution in [2.75, 3.05) is 19.6 Å². The van der Waals surface area contributed by atoms with E-state index in [2.05, 4.69) is 0 Å². The van der Waals surface area contributed by atoms with Crippen molar-refractivity contribution in [2.24, 2.45) is 0 Å². The van der Waals surface area contributed by atoms with Gasteiger partial charge in [-0.25, -0.2) is 13.2 Å². The molecule has 0 bridgehead atoms. The summed E-state index contributed by atoms with van der Waals surface area (Å²) >= 11 is 0. The van der Waals surface area contributed by atoms with E-state index in [9.17, 15) is 23.3 Å². The molecule has 0 aromatic heterocycles. The van der Waals surface area contributed by atoms with Gasteiger partial charge in [0, 0.05) is 31.7 Å². The van der Waals surface area contributed by atoms with E-state index < -0.39 is 32.8 Å². The summed E-state index contributed by atoms with van der Waals surface area (Å²) in [4.78, 5) is 24.0. The first-order valence-electron chi connectivity index (χ1n) is 9.01. The Hall–Kier alpha value is -2.98. The van der Waals surface area contributed by atoms with Crippen molar-refractivity contribution in [1.29, 1.82) is 0 Å². The predicted octanol–water partition coefficient (Wildman–Crippen LogP) is 2.63. The number of benzene rings is 2. The number of ether oxygens (including phenoxy) is 1. The maximum absolute atomic E-state index is 12.9. The van der Waals surface area contributed by atoms with Crippen molar-refractivity contribution < 1.29 is 22.9 Å². The second-order valence-corrected chi connectivity index (χ2v) is 8.58. The van der Waals surface area contributed by atoms with Crippen LogP contribution in [-0.2, 0) is 21.4 Å². The lowest BCUT2D eigenvalue weighted by Gasteiger charge is -2.38. The molecule has 0 N–H and O–H groups in total. The number of para-hydroxylation sites is 1. The van der Waals surface area contributed by atoms with Crippen LogP contribution in [0.4, 0.5) is 10.5 Å². The molecule has 1 aliphatic rings. The molecular formula is C19H21N3O6S. The molecule has 1 heterocycles. The number of hydrogen-bond acceptors (Lipinski definition) is 6. The highest BCUT2D eigenvalue weighted by atomic mass is 32.2. The number of nitro benzene ring substituents is 1. The van der Waals surface area contributed by atoms with Gasteiger partial charge in [0.05, 0.1) is 4.92 Å². The zero-order chi connectivity index (χ0) is 21.0. The Balaban J connectivity index is 1.68. The summed E-state index contributed by atoms with van der Waals surface area (Å²) in [5.74, 6) is 0. The fourth-order valence-corrected chi connectivity index (χ4v) is 4.85. The highest BCUT2D eigenvalue weighted by Gasteiger charge is 2.37. The van der Waals surface area contributed by atoms with Crippen molar-refractivity contribution in [3.63, 3.8) is 0 Å². The van der Waals surface area contributed by atoms with Crippen LogP contribution in [0.1, 0.15) is 12.5 Å². The van der Waals surface area contributed by atoms with Crippen molar-refractivity contribution in [3.8, 4) is 0 Å². The lowest BCUT2D eigenvalue weighted by molar-refractivity contribution is -0.387. The van der Waals surface area contributed by atoms with E-state index in [0.717, 1.165) is 11.6 Å². The highest BCUT2D eigenvalue weighted by molar-refractivity contribution is 7.89. The Morgan fingerprint density at radius 2 is 1.79 bits per heavy atom. The standard InChI is InChI=1S/C19H21N3O6S/c1-15-13-20(29(26,27)18-10-6-5-9-17(18)22(24)25)11-12-21(15)19(23)28-14-16-7-3-2-4-8-16/h2-10,15H,11-14H2,1H3. The number of piperazine rings is 1. The van der Waals surface area contributed by atoms with E-state index in [1.165, 1.54) is 27.4 Å². The van der Waals surface area contributed by atoms with Crippen LogP contribution in [0.3, 0.4) is 0 Å². The minimum absolute atomic E-state index is 0.0226. The molecule has 3 rings (SSSR count). The number of nitrogens with zero attached hydrogens (tertiary/aromatic N) is 3. The van der Waals surface area contributed by atoms with Gasteiger partial charge in [0.1, 0.15) is 6.61 Å². The van der Waals surface area contributed by atoms with E-state index in [1.807, 2.05) is 30.3 Å². The van der Waals surface area contributed by atoms with Crippen molar-refractivity contribution in [2.45, 2.75) is 24.5 Å². The van der Waals surface area contributed by atoms with Crippen LogP contribution in [0, 0.1) is 10.1 Å². The number of hydrogen-bond donors (Lipinski definition) is 0. The van der Waals surface area contributed by atoms with Gasteiger partial charge >= 0.3 is 6.09 Å². The minimum Gasteiger partial charge on any atom is -0.445 e. The van der Waals surface area contributed by atoms with E-state index >= 15 is 0 Å². The summed E-state index contributed by atoms with van der Waals surface area (Å²) in [6.45, 7) is 2.02. The third-order valence-electron chi connectivity index (χ3n) is 4.71. The smallest absolute Gasteiger partial charge is 0.410 e. The zero-order valence-corrected chi connectivity index (χ0v) is 16.6. The van der Waals surface area contributed by atoms with Crippen molar-refractivity contribution >= 4 is 21.8 Å². The zero-order valence-electron chi connectivity index (χ0n) is 15.8. The molecule has 2 aromatic carbocycles. The first-order chi connectivity index (χ1) is 13.8. The molecular weight excluding hydrogens is 398 g/mol. The molecule has 2 aromatic rings. The lowest BCUT2D eigenvalue weighted by atomic mass is 10.2. The fourth-order valence-electron chi connectivity index (χ4n) is 3.18. The molecule has 10 heteroatoms. The maximum Gasteiger partial charge on any atom is 0.410 e. The molecule has 154 valence electrons. The molecule has 1 fully saturated rings. The predicted molar refractivity (Wildman–Crippen MR) is 105 cm³/mol. The Kier molecular flexibility index (Phi) is 6.14. The lowest BCUT2D eigenvalue weighted by Crippen LogP contribution is -2.55. The molecule has 1 amide bonds. The van der Waals surface area contributed by atoms with Gasteiger partial charge in [-0.1, -0.05) is 42.5 Å². The van der Waals surface area contributed by atoms with Crippen molar-refractivity contribution in [1.82, 2.24) is 9.21 Å². The van der Waals surface area contributed by atoms with Gasteiger partial charge < -0.3 is 9.64 Å². The van der Waals surface area contributed by atoms with Gasteiger partial charge in [-0.15, -0.1) is 0 Å². The first-order valence-corrected chi connectivity index (χ1v) is 10.5. The Morgan fingerprint density at radius 1 is 1.14 bits per heavy atom. The number of amides is 1. The number of nitro groups is 1. The minimum atomic E-state index is -4.06. The van der Waals surface area contributed by atoms with Gasteiger partial charge in [-0.05, 0) is 18.6 Å². The molecule has 29 heavy (non-hydrogen) atoms. The second kappa shape index (κ2) is 8.58. The molecule has 9 nitrogen and oxygen atoms in total. The van der Waals surface area contributed by atoms with Crippen LogP contribution in [0.15, 0.2) is 59.5 Å². The summed E-state index contributed by atoms with van der Waals surface area (Å²) in [6, 6.07) is 14.0. The number of carbonyl (C=O) groups excluding carboxylic acids is 1. The van der Waals surface area contributed by atoms with Gasteiger partial charge in [-0.3, -0.25) is 10.1 Å². The van der Waals surface area contributed by atoms with Crippen molar-refractivity contribution in [3.05, 3.63) is 70.3 Å². The summed E-state index contributed by atoms with van der Waals surface area (Å²) in [7, 11) is -4.06. The first kappa shape index (κ1) is 20.7. The number of rotatable bonds is 5. The summed E-state index contributed by atoms with van der Waals surface area (Å²) in [5.41, 5.74) is 0.385. The Morgan fingerprint density at radius 3 is 2.45 bits per heavy atom. The number of carbonyl (C=O) groups is 1. The summed E-state index contributed by atoms with van der Waals surface area (Å²) < 4.78 is 32.4. The number of sulfonamides is 1. The van der Waals surface area contributed by atoms with Crippen LogP contribution in [-0.4, -0.2) is 54.3 Å². The molecule has 1 aliphatic heterocycles. The van der Waals surface area contributed by atoms with Gasteiger partial charge in [0.2, 0.25) is 10.0 Å². The molecule has 0 aliphatic carbocycles. The van der Waals surface area contributed by atoms with E-state index in [4.69, 9.17) is 4.74 Å². The monoisotopic (exact) mass is 419 g/mol. The maximum atomic E-state index is 12.9. The van der Waals surface area contributed by atoms with E-state index in [-0.39, 0.29) is 31.1 Å². The summed E-state index contributed by atoms with van der Waals surface area (Å²) in [6.07, 6.45) is -0.524. The fraction of sp³-hybridized carbons (Fsp3) is 0.316. The molecule has 1 saturated heterocycles. The van der Waals surface area contributed by atoms with Gasteiger partial charge in [0.15, 0.2) is 4.90 Å². The molecule has 0 radical (unpaired) electrons. The van der Waals surface area contributed by atoms with E-state index in [1.54, 1.807) is 6.92 Å². The molecule has 0 spiro atoms. The molecule has 1 unspecified atom stereocenters. The third-order valence-corrected chi connectivity index (χ3v) is 6.62. The van der Waals surface area contributed by atoms with Crippen LogP contribution in [0.2, 0.25) is 0 Å². The van der Waals surface area contributed by atoms with Crippen LogP contribution in [0.5, 0.6) is 0 Å². The van der Waals surface area contributed by atoms with E-state index in [0.29, 0.717) is 0 Å². The summed E-state index contributed by atoms with van der Waals surface area (Å²) in [5, 5.41) is 11.2. The average molecular weight is 419 g/mol. The van der Waals surface area contributed by atoms with Crippen LogP contribution in [0.25, 0.3) is 0 Å². The quantitative estimate of drug-likeness (QED) is 0.544. The molecule has 0 saturated carbocycles. The van der Waals surface area contributed by atoms with Gasteiger partial charge in [0.25, 0.3) is 5.69 Å². The Labute approximate surface area is 168 Å². The Bertz CT molecular complexity index is 996. The second-order valence-electron chi connectivity index (χ2n) is 6.67.